The quantitative estimate of drug-likeness (QED) is 0.739. The number of methoxy groups -OCH3 is 2. The lowest BCUT2D eigenvalue weighted by Crippen LogP contribution is -1.79. The first-order valence-electron chi connectivity index (χ1n) is 4.77. The van der Waals surface area contributed by atoms with Crippen LogP contribution in [-0.2, 0) is 9.47 Å². The highest BCUT2D eigenvalue weighted by molar-refractivity contribution is 7.13. The molecule has 0 aliphatic carbocycles. The average molecular weight is 224 g/mol. The molecule has 0 aliphatic heterocycles. The first-order valence-corrected chi connectivity index (χ1v) is 5.59. The SMILES string of the molecule is COC/C=C/c1ccc(/C=C/COC)s1. The van der Waals surface area contributed by atoms with Crippen LogP contribution in [0.15, 0.2) is 24.3 Å². The third kappa shape index (κ3) is 4.93. The van der Waals surface area contributed by atoms with Crippen molar-refractivity contribution in [1.82, 2.24) is 0 Å². The summed E-state index contributed by atoms with van der Waals surface area (Å²) < 4.78 is 9.87. The Morgan fingerprint density at radius 1 is 1.00 bits per heavy atom. The van der Waals surface area contributed by atoms with E-state index in [1.165, 1.54) is 9.75 Å². The van der Waals surface area contributed by atoms with Gasteiger partial charge < -0.3 is 9.47 Å². The van der Waals surface area contributed by atoms with E-state index in [9.17, 15) is 0 Å². The van der Waals surface area contributed by atoms with E-state index >= 15 is 0 Å². The molecule has 0 saturated heterocycles. The third-order valence-corrected chi connectivity index (χ3v) is 2.75. The van der Waals surface area contributed by atoms with Gasteiger partial charge in [-0.1, -0.05) is 12.2 Å². The van der Waals surface area contributed by atoms with Crippen LogP contribution in [0.3, 0.4) is 0 Å². The molecule has 0 aromatic carbocycles. The Labute approximate surface area is 94.8 Å². The third-order valence-electron chi connectivity index (χ3n) is 1.74. The van der Waals surface area contributed by atoms with Gasteiger partial charge >= 0.3 is 0 Å². The Hall–Kier alpha value is -0.900. The molecule has 82 valence electrons. The average Bonchev–Trinajstić information content (AvgIpc) is 2.67. The second kappa shape index (κ2) is 7.40. The van der Waals surface area contributed by atoms with Gasteiger partial charge in [-0.15, -0.1) is 11.3 Å². The molecule has 0 amide bonds. The molecule has 3 heteroatoms. The molecule has 0 atom stereocenters. The van der Waals surface area contributed by atoms with Gasteiger partial charge in [0.1, 0.15) is 0 Å². The van der Waals surface area contributed by atoms with E-state index in [4.69, 9.17) is 9.47 Å². The monoisotopic (exact) mass is 224 g/mol. The zero-order chi connectivity index (χ0) is 10.9. The van der Waals surface area contributed by atoms with Crippen molar-refractivity contribution in [1.29, 1.82) is 0 Å². The van der Waals surface area contributed by atoms with Gasteiger partial charge in [0.25, 0.3) is 0 Å². The van der Waals surface area contributed by atoms with Crippen molar-refractivity contribution in [2.75, 3.05) is 27.4 Å². The van der Waals surface area contributed by atoms with Crippen molar-refractivity contribution in [3.05, 3.63) is 34.0 Å². The summed E-state index contributed by atoms with van der Waals surface area (Å²) in [6.45, 7) is 1.32. The lowest BCUT2D eigenvalue weighted by molar-refractivity contribution is 0.234. The number of hydrogen-bond acceptors (Lipinski definition) is 3. The Morgan fingerprint density at radius 3 is 1.87 bits per heavy atom. The van der Waals surface area contributed by atoms with Crippen LogP contribution in [0.4, 0.5) is 0 Å². The zero-order valence-electron chi connectivity index (χ0n) is 9.10. The Kier molecular flexibility index (Phi) is 6.00. The smallest absolute Gasteiger partial charge is 0.0647 e. The van der Waals surface area contributed by atoms with Gasteiger partial charge in [-0.3, -0.25) is 0 Å². The fourth-order valence-corrected chi connectivity index (χ4v) is 1.94. The van der Waals surface area contributed by atoms with Gasteiger partial charge in [0.05, 0.1) is 13.2 Å². The Bertz CT molecular complexity index is 296. The van der Waals surface area contributed by atoms with Crippen molar-refractivity contribution in [3.8, 4) is 0 Å². The van der Waals surface area contributed by atoms with Crippen molar-refractivity contribution in [2.45, 2.75) is 0 Å². The van der Waals surface area contributed by atoms with Crippen LogP contribution < -0.4 is 0 Å². The molecule has 0 spiro atoms. The second-order valence-electron chi connectivity index (χ2n) is 2.96. The summed E-state index contributed by atoms with van der Waals surface area (Å²) in [6.07, 6.45) is 8.16. The number of thiophene rings is 1. The molecular weight excluding hydrogens is 208 g/mol. The lowest BCUT2D eigenvalue weighted by Gasteiger charge is -1.87. The topological polar surface area (TPSA) is 18.5 Å². The second-order valence-corrected chi connectivity index (χ2v) is 4.10. The van der Waals surface area contributed by atoms with E-state index in [0.717, 1.165) is 0 Å². The molecule has 1 heterocycles. The van der Waals surface area contributed by atoms with Crippen molar-refractivity contribution in [3.63, 3.8) is 0 Å². The van der Waals surface area contributed by atoms with Crippen LogP contribution in [-0.4, -0.2) is 27.4 Å². The van der Waals surface area contributed by atoms with Gasteiger partial charge in [-0.2, -0.15) is 0 Å². The lowest BCUT2D eigenvalue weighted by atomic mass is 10.4. The minimum absolute atomic E-state index is 0.659. The van der Waals surface area contributed by atoms with E-state index in [-0.39, 0.29) is 0 Å². The standard InChI is InChI=1S/C12H16O2S/c1-13-9-3-5-11-7-8-12(15-11)6-4-10-14-2/h3-8H,9-10H2,1-2H3/b5-3+,6-4+. The molecule has 0 aliphatic rings. The highest BCUT2D eigenvalue weighted by atomic mass is 32.1. The van der Waals surface area contributed by atoms with Gasteiger partial charge in [-0.05, 0) is 24.3 Å². The summed E-state index contributed by atoms with van der Waals surface area (Å²) in [5, 5.41) is 0. The summed E-state index contributed by atoms with van der Waals surface area (Å²) in [5.41, 5.74) is 0. The van der Waals surface area contributed by atoms with Crippen LogP contribution in [0.2, 0.25) is 0 Å². The fourth-order valence-electron chi connectivity index (χ4n) is 1.07. The molecule has 0 fully saturated rings. The molecule has 0 radical (unpaired) electrons. The molecule has 2 nitrogen and oxygen atoms in total. The minimum Gasteiger partial charge on any atom is -0.381 e. The van der Waals surface area contributed by atoms with Crippen LogP contribution in [0.5, 0.6) is 0 Å². The van der Waals surface area contributed by atoms with Gasteiger partial charge in [0.15, 0.2) is 0 Å². The van der Waals surface area contributed by atoms with Crippen molar-refractivity contribution >= 4 is 23.5 Å². The highest BCUT2D eigenvalue weighted by Gasteiger charge is 1.92. The minimum atomic E-state index is 0.659. The summed E-state index contributed by atoms with van der Waals surface area (Å²) in [5.74, 6) is 0. The molecule has 0 unspecified atom stereocenters. The summed E-state index contributed by atoms with van der Waals surface area (Å²) in [7, 11) is 3.38. The number of ether oxygens (including phenoxy) is 2. The summed E-state index contributed by atoms with van der Waals surface area (Å²) in [6, 6.07) is 4.20. The molecule has 0 bridgehead atoms. The maximum Gasteiger partial charge on any atom is 0.0647 e. The number of hydrogen-bond donors (Lipinski definition) is 0. The van der Waals surface area contributed by atoms with E-state index in [0.29, 0.717) is 13.2 Å². The molecule has 1 aromatic rings. The number of rotatable bonds is 6. The molecule has 1 rings (SSSR count). The van der Waals surface area contributed by atoms with Gasteiger partial charge in [0.2, 0.25) is 0 Å². The molecule has 15 heavy (non-hydrogen) atoms. The fraction of sp³-hybridized carbons (Fsp3) is 0.333. The zero-order valence-corrected chi connectivity index (χ0v) is 9.92. The Balaban J connectivity index is 2.48. The first kappa shape index (κ1) is 12.2. The molecule has 1 aromatic heterocycles. The van der Waals surface area contributed by atoms with Crippen molar-refractivity contribution in [2.24, 2.45) is 0 Å². The van der Waals surface area contributed by atoms with E-state index in [1.807, 2.05) is 12.2 Å². The maximum atomic E-state index is 4.94. The van der Waals surface area contributed by atoms with E-state index < -0.39 is 0 Å². The molecular formula is C12H16O2S. The van der Waals surface area contributed by atoms with E-state index in [2.05, 4.69) is 24.3 Å². The van der Waals surface area contributed by atoms with Crippen LogP contribution >= 0.6 is 11.3 Å². The summed E-state index contributed by atoms with van der Waals surface area (Å²) >= 11 is 1.75. The van der Waals surface area contributed by atoms with Gasteiger partial charge in [-0.25, -0.2) is 0 Å². The van der Waals surface area contributed by atoms with Crippen LogP contribution in [0, 0.1) is 0 Å². The Morgan fingerprint density at radius 2 is 1.47 bits per heavy atom. The van der Waals surface area contributed by atoms with Crippen LogP contribution in [0.25, 0.3) is 12.2 Å². The largest absolute Gasteiger partial charge is 0.381 e. The molecule has 0 saturated carbocycles. The van der Waals surface area contributed by atoms with Gasteiger partial charge in [0, 0.05) is 24.0 Å². The summed E-state index contributed by atoms with van der Waals surface area (Å²) in [4.78, 5) is 2.48. The van der Waals surface area contributed by atoms with Crippen LogP contribution in [0.1, 0.15) is 9.75 Å². The predicted octanol–water partition coefficient (Wildman–Crippen LogP) is 3.07. The normalized spacial score (nSPS) is 11.9. The predicted molar refractivity (Wildman–Crippen MR) is 66.1 cm³/mol. The molecule has 0 N–H and O–H groups in total. The van der Waals surface area contributed by atoms with Crippen molar-refractivity contribution < 1.29 is 9.47 Å². The first-order chi connectivity index (χ1) is 7.36. The van der Waals surface area contributed by atoms with E-state index in [1.54, 1.807) is 25.6 Å². The highest BCUT2D eigenvalue weighted by Crippen LogP contribution is 2.19. The maximum absolute atomic E-state index is 4.94.